The molecule has 11 heavy (non-hydrogen) atoms. The second-order valence-corrected chi connectivity index (χ2v) is 1.65. The van der Waals surface area contributed by atoms with Crippen molar-refractivity contribution in [1.29, 1.82) is 5.41 Å². The summed E-state index contributed by atoms with van der Waals surface area (Å²) in [4.78, 5) is 20.4. The van der Waals surface area contributed by atoms with Crippen LogP contribution in [0.15, 0.2) is 5.10 Å². The van der Waals surface area contributed by atoms with Gasteiger partial charge in [-0.2, -0.15) is 0 Å². The Balaban J connectivity index is 3.53. The zero-order valence-corrected chi connectivity index (χ0v) is 5.63. The molecule has 6 heteroatoms. The third kappa shape index (κ3) is 6.20. The molecule has 0 radical (unpaired) electrons. The normalized spacial score (nSPS) is 8.00. The molecular weight excluding hydrogens is 150 g/mol. The number of nitrogens with zero attached hydrogens (tertiary/aromatic N) is 1. The number of hydrazone groups is 1. The second-order valence-electron chi connectivity index (χ2n) is 1.65. The highest BCUT2D eigenvalue weighted by Gasteiger charge is 2.02. The lowest BCUT2D eigenvalue weighted by molar-refractivity contribution is -0.138. The van der Waals surface area contributed by atoms with Crippen LogP contribution in [0.5, 0.6) is 0 Å². The molecule has 0 fully saturated rings. The molecule has 0 aliphatic carbocycles. The van der Waals surface area contributed by atoms with Crippen LogP contribution in [0.4, 0.5) is 0 Å². The number of nitrogens with one attached hydrogen (secondary N) is 2. The van der Waals surface area contributed by atoms with E-state index in [4.69, 9.17) is 10.5 Å². The van der Waals surface area contributed by atoms with E-state index >= 15 is 0 Å². The fourth-order valence-corrected chi connectivity index (χ4v) is 0.367. The van der Waals surface area contributed by atoms with Gasteiger partial charge in [-0.1, -0.05) is 0 Å². The van der Waals surface area contributed by atoms with Crippen molar-refractivity contribution in [3.63, 3.8) is 0 Å². The fraction of sp³-hybridized carbons (Fsp3) is 0.400. The highest BCUT2D eigenvalue weighted by molar-refractivity contribution is 5.80. The summed E-state index contributed by atoms with van der Waals surface area (Å²) in [5.74, 6) is -1.58. The van der Waals surface area contributed by atoms with Gasteiger partial charge >= 0.3 is 5.97 Å². The van der Waals surface area contributed by atoms with Gasteiger partial charge in [-0.3, -0.25) is 9.59 Å². The molecule has 0 rings (SSSR count). The summed E-state index contributed by atoms with van der Waals surface area (Å²) in [6.45, 7) is 0. The Morgan fingerprint density at radius 3 is 2.64 bits per heavy atom. The Hall–Kier alpha value is -1.68. The molecule has 3 N–H and O–H groups in total. The van der Waals surface area contributed by atoms with Crippen LogP contribution in [0.1, 0.15) is 12.8 Å². The number of carboxylic acid groups (broad SMARTS) is 1. The lowest BCUT2D eigenvalue weighted by Gasteiger charge is -1.93. The first-order valence-corrected chi connectivity index (χ1v) is 2.79. The predicted molar refractivity (Wildman–Crippen MR) is 35.2 cm³/mol. The Labute approximate surface area is 62.4 Å². The summed E-state index contributed by atoms with van der Waals surface area (Å²) < 4.78 is 0. The number of carbonyl (C=O) groups excluding carboxylic acids is 1. The minimum atomic E-state index is -1.04. The van der Waals surface area contributed by atoms with Crippen molar-refractivity contribution >= 4 is 17.9 Å². The van der Waals surface area contributed by atoms with E-state index in [-0.39, 0.29) is 12.8 Å². The van der Waals surface area contributed by atoms with Gasteiger partial charge in [0.25, 0.3) is 0 Å². The second kappa shape index (κ2) is 5.13. The fourth-order valence-electron chi connectivity index (χ4n) is 0.367. The number of carbonyl (C=O) groups is 2. The van der Waals surface area contributed by atoms with Gasteiger partial charge < -0.3 is 5.11 Å². The molecule has 0 aliphatic heterocycles. The Kier molecular flexibility index (Phi) is 4.35. The molecule has 0 aromatic carbocycles. The first-order valence-electron chi connectivity index (χ1n) is 2.79. The predicted octanol–water partition coefficient (Wildman–Crippen LogP) is -0.365. The van der Waals surface area contributed by atoms with Crippen LogP contribution >= 0.6 is 0 Å². The van der Waals surface area contributed by atoms with Gasteiger partial charge in [0.2, 0.25) is 5.91 Å². The molecule has 0 spiro atoms. The van der Waals surface area contributed by atoms with Gasteiger partial charge in [0, 0.05) is 6.42 Å². The molecule has 0 aromatic heterocycles. The lowest BCUT2D eigenvalue weighted by Crippen LogP contribution is -2.17. The largest absolute Gasteiger partial charge is 0.481 e. The van der Waals surface area contributed by atoms with E-state index in [0.717, 1.165) is 0 Å². The van der Waals surface area contributed by atoms with Gasteiger partial charge in [0.15, 0.2) is 0 Å². The van der Waals surface area contributed by atoms with Crippen molar-refractivity contribution in [2.75, 3.05) is 0 Å². The van der Waals surface area contributed by atoms with Gasteiger partial charge in [-0.25, -0.2) is 10.8 Å². The molecule has 60 valence electrons. The van der Waals surface area contributed by atoms with E-state index in [0.29, 0.717) is 0 Å². The van der Waals surface area contributed by atoms with E-state index in [1.54, 1.807) is 6.01 Å². The highest BCUT2D eigenvalue weighted by Crippen LogP contribution is 1.87. The minimum absolute atomic E-state index is 0.138. The molecule has 6 nitrogen and oxygen atoms in total. The summed E-state index contributed by atoms with van der Waals surface area (Å²) in [5.41, 5.74) is 1.91. The average molecular weight is 157 g/mol. The number of rotatable bonds is 4. The minimum Gasteiger partial charge on any atom is -0.481 e. The van der Waals surface area contributed by atoms with Crippen molar-refractivity contribution in [3.8, 4) is 0 Å². The molecule has 0 aromatic rings. The monoisotopic (exact) mass is 157 g/mol. The number of hydrogen-bond acceptors (Lipinski definition) is 4. The summed E-state index contributed by atoms with van der Waals surface area (Å²) in [6.07, 6.45) is -0.375. The maximum Gasteiger partial charge on any atom is 0.303 e. The quantitative estimate of drug-likeness (QED) is 0.383. The van der Waals surface area contributed by atoms with Crippen molar-refractivity contribution in [2.45, 2.75) is 12.8 Å². The zero-order chi connectivity index (χ0) is 8.69. The Bertz CT molecular complexity index is 207. The topological polar surface area (TPSA) is 103 Å². The van der Waals surface area contributed by atoms with Gasteiger partial charge in [-0.05, 0) is 0 Å². The molecule has 0 unspecified atom stereocenters. The number of carboxylic acids is 1. The number of aliphatic carboxylic acids is 1. The summed E-state index contributed by atoms with van der Waals surface area (Å²) >= 11 is 0. The summed E-state index contributed by atoms with van der Waals surface area (Å²) in [5, 5.41) is 17.4. The van der Waals surface area contributed by atoms with Crippen LogP contribution < -0.4 is 5.43 Å². The number of amides is 1. The lowest BCUT2D eigenvalue weighted by atomic mass is 10.3. The van der Waals surface area contributed by atoms with E-state index in [9.17, 15) is 9.59 Å². The smallest absolute Gasteiger partial charge is 0.303 e. The van der Waals surface area contributed by atoms with E-state index in [1.165, 1.54) is 0 Å². The van der Waals surface area contributed by atoms with E-state index in [1.807, 2.05) is 5.43 Å². The van der Waals surface area contributed by atoms with Crippen LogP contribution in [0.2, 0.25) is 0 Å². The zero-order valence-electron chi connectivity index (χ0n) is 5.63. The molecule has 0 heterocycles. The molecule has 0 saturated heterocycles. The molecule has 0 atom stereocenters. The maximum absolute atomic E-state index is 10.5. The Morgan fingerprint density at radius 2 is 2.18 bits per heavy atom. The summed E-state index contributed by atoms with van der Waals surface area (Å²) in [7, 11) is 0. The van der Waals surface area contributed by atoms with Gasteiger partial charge in [-0.15, -0.1) is 5.10 Å². The average Bonchev–Trinajstić information content (AvgIpc) is 1.97. The molecular formula is C5H7N3O3. The van der Waals surface area contributed by atoms with E-state index < -0.39 is 11.9 Å². The van der Waals surface area contributed by atoms with Crippen molar-refractivity contribution in [1.82, 2.24) is 5.43 Å². The van der Waals surface area contributed by atoms with Crippen molar-refractivity contribution in [3.05, 3.63) is 0 Å². The van der Waals surface area contributed by atoms with E-state index in [2.05, 4.69) is 5.10 Å². The molecule has 0 aliphatic rings. The molecule has 0 saturated carbocycles. The van der Waals surface area contributed by atoms with Crippen LogP contribution in [-0.2, 0) is 9.59 Å². The highest BCUT2D eigenvalue weighted by atomic mass is 16.4. The first kappa shape index (κ1) is 9.32. The third-order valence-corrected chi connectivity index (χ3v) is 0.802. The van der Waals surface area contributed by atoms with Gasteiger partial charge in [0.05, 0.1) is 6.42 Å². The van der Waals surface area contributed by atoms with Gasteiger partial charge in [0.1, 0.15) is 6.01 Å². The maximum atomic E-state index is 10.5. The SMILES string of the molecule is N=C=NNC(=O)CCC(=O)O. The van der Waals surface area contributed by atoms with Crippen LogP contribution in [-0.4, -0.2) is 23.0 Å². The Morgan fingerprint density at radius 1 is 1.55 bits per heavy atom. The van der Waals surface area contributed by atoms with Crippen molar-refractivity contribution < 1.29 is 14.7 Å². The van der Waals surface area contributed by atoms with Crippen LogP contribution in [0.25, 0.3) is 0 Å². The standard InChI is InChI=1S/C5H7N3O3/c6-3-7-8-4(9)1-2-5(10)11/h6H,1-2H2,(H,8,9)(H,10,11). The number of hydrogen-bond donors (Lipinski definition) is 3. The van der Waals surface area contributed by atoms with Crippen LogP contribution in [0, 0.1) is 5.41 Å². The summed E-state index contributed by atoms with van der Waals surface area (Å²) in [6, 6.07) is 1.58. The first-order chi connectivity index (χ1) is 5.16. The molecule has 1 amide bonds. The molecule has 0 bridgehead atoms. The van der Waals surface area contributed by atoms with Crippen LogP contribution in [0.3, 0.4) is 0 Å². The third-order valence-electron chi connectivity index (χ3n) is 0.802. The van der Waals surface area contributed by atoms with Crippen molar-refractivity contribution in [2.24, 2.45) is 5.10 Å².